The van der Waals surface area contributed by atoms with Crippen LogP contribution in [0.15, 0.2) is 70.5 Å². The fourth-order valence-corrected chi connectivity index (χ4v) is 2.45. The van der Waals surface area contributed by atoms with Crippen LogP contribution in [0.1, 0.15) is 6.92 Å². The number of rotatable bonds is 2. The first kappa shape index (κ1) is 10.3. The Morgan fingerprint density at radius 1 is 1.07 bits per heavy atom. The molecule has 0 aliphatic heterocycles. The van der Waals surface area contributed by atoms with Gasteiger partial charge in [-0.2, -0.15) is 0 Å². The lowest BCUT2D eigenvalue weighted by molar-refractivity contribution is 0.941. The molecule has 76 valence electrons. The van der Waals surface area contributed by atoms with E-state index in [4.69, 9.17) is 0 Å². The molecule has 0 nitrogen and oxygen atoms in total. The Labute approximate surface area is 95.4 Å². The van der Waals surface area contributed by atoms with Gasteiger partial charge in [0.2, 0.25) is 0 Å². The third-order valence-corrected chi connectivity index (χ3v) is 3.21. The van der Waals surface area contributed by atoms with Crippen molar-refractivity contribution in [2.24, 2.45) is 5.92 Å². The lowest BCUT2D eigenvalue weighted by Crippen LogP contribution is -1.82. The summed E-state index contributed by atoms with van der Waals surface area (Å²) in [4.78, 5) is 2.61. The predicted octanol–water partition coefficient (Wildman–Crippen LogP) is 4.42. The first-order chi connectivity index (χ1) is 7.34. The molecule has 0 bridgehead atoms. The maximum absolute atomic E-state index is 2.29. The summed E-state index contributed by atoms with van der Waals surface area (Å²) in [7, 11) is 0. The molecule has 2 rings (SSSR count). The second-order valence-electron chi connectivity index (χ2n) is 3.59. The van der Waals surface area contributed by atoms with Crippen molar-refractivity contribution in [3.8, 4) is 0 Å². The van der Waals surface area contributed by atoms with Crippen molar-refractivity contribution in [3.63, 3.8) is 0 Å². The molecule has 1 aliphatic carbocycles. The number of allylic oxidation sites excluding steroid dienone is 5. The zero-order valence-corrected chi connectivity index (χ0v) is 9.58. The third-order valence-electron chi connectivity index (χ3n) is 2.19. The summed E-state index contributed by atoms with van der Waals surface area (Å²) in [5.41, 5.74) is 0. The topological polar surface area (TPSA) is 0 Å². The van der Waals surface area contributed by atoms with Crippen LogP contribution in [0, 0.1) is 5.92 Å². The van der Waals surface area contributed by atoms with Crippen molar-refractivity contribution < 1.29 is 0 Å². The quantitative estimate of drug-likeness (QED) is 0.702. The number of hydrogen-bond acceptors (Lipinski definition) is 1. The zero-order valence-electron chi connectivity index (χ0n) is 8.76. The molecule has 1 aromatic rings. The number of thioether (sulfide) groups is 1. The van der Waals surface area contributed by atoms with Crippen LogP contribution in [-0.4, -0.2) is 0 Å². The average molecular weight is 214 g/mol. The molecule has 1 atom stereocenters. The van der Waals surface area contributed by atoms with E-state index in [9.17, 15) is 0 Å². The highest BCUT2D eigenvalue weighted by molar-refractivity contribution is 8.03. The predicted molar refractivity (Wildman–Crippen MR) is 67.8 cm³/mol. The largest absolute Gasteiger partial charge is 0.0904 e. The Bertz CT molecular complexity index is 399. The van der Waals surface area contributed by atoms with E-state index < -0.39 is 0 Å². The normalized spacial score (nSPS) is 19.8. The second-order valence-corrected chi connectivity index (χ2v) is 4.73. The van der Waals surface area contributed by atoms with Gasteiger partial charge in [0.05, 0.1) is 0 Å². The SMILES string of the molecule is CC1C=CC=CC(Sc2ccccc2)=C1. The van der Waals surface area contributed by atoms with Gasteiger partial charge in [0.25, 0.3) is 0 Å². The fourth-order valence-electron chi connectivity index (χ4n) is 1.45. The Hall–Kier alpha value is -1.21. The van der Waals surface area contributed by atoms with Crippen LogP contribution in [-0.2, 0) is 0 Å². The van der Waals surface area contributed by atoms with E-state index in [2.05, 4.69) is 61.6 Å². The Morgan fingerprint density at radius 2 is 1.87 bits per heavy atom. The summed E-state index contributed by atoms with van der Waals surface area (Å²) in [6.07, 6.45) is 10.9. The van der Waals surface area contributed by atoms with Crippen LogP contribution in [0.4, 0.5) is 0 Å². The van der Waals surface area contributed by atoms with Gasteiger partial charge in [-0.1, -0.05) is 61.2 Å². The molecule has 1 aliphatic rings. The summed E-state index contributed by atoms with van der Waals surface area (Å²) in [5.74, 6) is 0.520. The minimum atomic E-state index is 0.520. The first-order valence-corrected chi connectivity index (χ1v) is 5.96. The molecule has 0 radical (unpaired) electrons. The van der Waals surface area contributed by atoms with Crippen molar-refractivity contribution in [3.05, 3.63) is 65.6 Å². The molecule has 0 saturated heterocycles. The van der Waals surface area contributed by atoms with Gasteiger partial charge in [-0.25, -0.2) is 0 Å². The number of hydrogen-bond donors (Lipinski definition) is 0. The number of benzene rings is 1. The molecule has 0 spiro atoms. The molecule has 0 fully saturated rings. The highest BCUT2D eigenvalue weighted by Gasteiger charge is 2.01. The monoisotopic (exact) mass is 214 g/mol. The molecular weight excluding hydrogens is 200 g/mol. The van der Waals surface area contributed by atoms with E-state index >= 15 is 0 Å². The minimum absolute atomic E-state index is 0.520. The molecule has 0 amide bonds. The Morgan fingerprint density at radius 3 is 2.67 bits per heavy atom. The van der Waals surface area contributed by atoms with Gasteiger partial charge in [0.1, 0.15) is 0 Å². The van der Waals surface area contributed by atoms with Crippen molar-refractivity contribution in [2.75, 3.05) is 0 Å². The summed E-state index contributed by atoms with van der Waals surface area (Å²) >= 11 is 1.82. The van der Waals surface area contributed by atoms with E-state index in [1.165, 1.54) is 9.80 Å². The molecule has 1 unspecified atom stereocenters. The summed E-state index contributed by atoms with van der Waals surface area (Å²) in [6.45, 7) is 2.20. The summed E-state index contributed by atoms with van der Waals surface area (Å²) in [6, 6.07) is 10.5. The van der Waals surface area contributed by atoms with Gasteiger partial charge in [-0.3, -0.25) is 0 Å². The maximum Gasteiger partial charge on any atom is 0.0122 e. The van der Waals surface area contributed by atoms with Crippen LogP contribution in [0.5, 0.6) is 0 Å². The second kappa shape index (κ2) is 5.04. The van der Waals surface area contributed by atoms with Gasteiger partial charge < -0.3 is 0 Å². The van der Waals surface area contributed by atoms with E-state index in [0.29, 0.717) is 5.92 Å². The molecule has 0 aromatic heterocycles. The molecule has 15 heavy (non-hydrogen) atoms. The highest BCUT2D eigenvalue weighted by Crippen LogP contribution is 2.29. The Kier molecular flexibility index (Phi) is 3.46. The Balaban J connectivity index is 2.13. The smallest absolute Gasteiger partial charge is 0.0122 e. The van der Waals surface area contributed by atoms with Crippen LogP contribution in [0.2, 0.25) is 0 Å². The lowest BCUT2D eigenvalue weighted by atomic mass is 10.2. The van der Waals surface area contributed by atoms with Crippen LogP contribution in [0.3, 0.4) is 0 Å². The fraction of sp³-hybridized carbons (Fsp3) is 0.143. The van der Waals surface area contributed by atoms with E-state index in [0.717, 1.165) is 0 Å². The van der Waals surface area contributed by atoms with E-state index in [1.54, 1.807) is 0 Å². The van der Waals surface area contributed by atoms with Gasteiger partial charge >= 0.3 is 0 Å². The summed E-state index contributed by atoms with van der Waals surface area (Å²) in [5, 5.41) is 0. The third kappa shape index (κ3) is 3.14. The first-order valence-electron chi connectivity index (χ1n) is 5.14. The van der Waals surface area contributed by atoms with Crippen molar-refractivity contribution in [1.82, 2.24) is 0 Å². The lowest BCUT2D eigenvalue weighted by Gasteiger charge is -2.03. The maximum atomic E-state index is 2.29. The molecule has 0 saturated carbocycles. The molecular formula is C14H14S. The van der Waals surface area contributed by atoms with E-state index in [1.807, 2.05) is 17.8 Å². The van der Waals surface area contributed by atoms with Gasteiger partial charge in [0.15, 0.2) is 0 Å². The molecule has 1 heteroatoms. The average Bonchev–Trinajstić information content (AvgIpc) is 2.44. The zero-order chi connectivity index (χ0) is 10.5. The van der Waals surface area contributed by atoms with Crippen LogP contribution >= 0.6 is 11.8 Å². The minimum Gasteiger partial charge on any atom is -0.0904 e. The van der Waals surface area contributed by atoms with Gasteiger partial charge in [-0.15, -0.1) is 0 Å². The molecule has 0 heterocycles. The van der Waals surface area contributed by atoms with Crippen molar-refractivity contribution in [1.29, 1.82) is 0 Å². The standard InChI is InChI=1S/C14H14S/c1-12-7-5-6-10-14(11-12)15-13-8-3-2-4-9-13/h2-12H,1H3. The van der Waals surface area contributed by atoms with Crippen LogP contribution < -0.4 is 0 Å². The summed E-state index contributed by atoms with van der Waals surface area (Å²) < 4.78 is 0. The van der Waals surface area contributed by atoms with Crippen molar-refractivity contribution in [2.45, 2.75) is 11.8 Å². The highest BCUT2D eigenvalue weighted by atomic mass is 32.2. The molecule has 1 aromatic carbocycles. The van der Waals surface area contributed by atoms with Crippen molar-refractivity contribution >= 4 is 11.8 Å². The van der Waals surface area contributed by atoms with Gasteiger partial charge in [-0.05, 0) is 24.1 Å². The van der Waals surface area contributed by atoms with Gasteiger partial charge in [0, 0.05) is 9.80 Å². The van der Waals surface area contributed by atoms with Crippen LogP contribution in [0.25, 0.3) is 0 Å². The molecule has 0 N–H and O–H groups in total. The van der Waals surface area contributed by atoms with E-state index in [-0.39, 0.29) is 0 Å².